The summed E-state index contributed by atoms with van der Waals surface area (Å²) in [5, 5.41) is 3.14. The molecule has 0 unspecified atom stereocenters. The summed E-state index contributed by atoms with van der Waals surface area (Å²) in [6, 6.07) is 7.97. The minimum absolute atomic E-state index is 0.326. The first-order valence-corrected chi connectivity index (χ1v) is 5.92. The van der Waals surface area contributed by atoms with Gasteiger partial charge in [0.2, 0.25) is 0 Å². The molecule has 0 saturated heterocycles. The summed E-state index contributed by atoms with van der Waals surface area (Å²) in [5.74, 6) is -0.326. The lowest BCUT2D eigenvalue weighted by molar-refractivity contribution is -0.137. The molecule has 0 bridgehead atoms. The highest BCUT2D eigenvalue weighted by atomic mass is 16.5. The molecule has 1 aromatic carbocycles. The van der Waals surface area contributed by atoms with E-state index >= 15 is 0 Å². The van der Waals surface area contributed by atoms with Crippen LogP contribution in [0.1, 0.15) is 13.8 Å². The number of hydrogen-bond acceptors (Lipinski definition) is 4. The second-order valence-electron chi connectivity index (χ2n) is 4.15. The average molecular weight is 248 g/mol. The Bertz CT molecular complexity index is 422. The summed E-state index contributed by atoms with van der Waals surface area (Å²) in [5.41, 5.74) is 2.83. The maximum absolute atomic E-state index is 11.2. The third-order valence-electron chi connectivity index (χ3n) is 2.35. The number of benzene rings is 1. The summed E-state index contributed by atoms with van der Waals surface area (Å²) >= 11 is 0. The number of rotatable bonds is 5. The zero-order chi connectivity index (χ0) is 13.5. The van der Waals surface area contributed by atoms with E-state index in [1.165, 1.54) is 6.08 Å². The predicted molar refractivity (Wildman–Crippen MR) is 74.8 cm³/mol. The van der Waals surface area contributed by atoms with Gasteiger partial charge in [-0.15, -0.1) is 0 Å². The normalized spacial score (nSPS) is 11.0. The fourth-order valence-corrected chi connectivity index (χ4v) is 1.47. The topological polar surface area (TPSA) is 41.6 Å². The lowest BCUT2D eigenvalue weighted by atomic mass is 10.2. The van der Waals surface area contributed by atoms with Crippen LogP contribution in [0.4, 0.5) is 11.4 Å². The molecule has 1 N–H and O–H groups in total. The molecule has 0 aliphatic heterocycles. The van der Waals surface area contributed by atoms with Crippen LogP contribution in [0.15, 0.2) is 36.0 Å². The maximum Gasteiger partial charge on any atom is 0.332 e. The highest BCUT2D eigenvalue weighted by Crippen LogP contribution is 2.16. The van der Waals surface area contributed by atoms with Crippen molar-refractivity contribution >= 4 is 17.3 Å². The number of allylic oxidation sites excluding steroid dienone is 1. The lowest BCUT2D eigenvalue weighted by Crippen LogP contribution is -2.08. The average Bonchev–Trinajstić information content (AvgIpc) is 2.29. The van der Waals surface area contributed by atoms with Crippen molar-refractivity contribution in [2.24, 2.45) is 0 Å². The lowest BCUT2D eigenvalue weighted by Gasteiger charge is -2.13. The number of anilines is 2. The van der Waals surface area contributed by atoms with E-state index in [1.807, 2.05) is 50.2 Å². The number of hydrogen-bond donors (Lipinski definition) is 1. The van der Waals surface area contributed by atoms with E-state index in [0.29, 0.717) is 6.61 Å². The van der Waals surface area contributed by atoms with E-state index in [1.54, 1.807) is 6.92 Å². The van der Waals surface area contributed by atoms with Crippen molar-refractivity contribution in [3.05, 3.63) is 36.0 Å². The van der Waals surface area contributed by atoms with Crippen LogP contribution in [0.3, 0.4) is 0 Å². The third-order valence-corrected chi connectivity index (χ3v) is 2.35. The molecule has 0 heterocycles. The molecule has 0 atom stereocenters. The Balaban J connectivity index is 2.64. The molecule has 1 rings (SSSR count). The largest absolute Gasteiger partial charge is 0.463 e. The van der Waals surface area contributed by atoms with Crippen molar-refractivity contribution < 1.29 is 9.53 Å². The van der Waals surface area contributed by atoms with Gasteiger partial charge in [0, 0.05) is 37.2 Å². The number of ether oxygens (including phenoxy) is 1. The first-order valence-electron chi connectivity index (χ1n) is 5.92. The first-order chi connectivity index (χ1) is 8.52. The van der Waals surface area contributed by atoms with Gasteiger partial charge in [-0.2, -0.15) is 0 Å². The fourth-order valence-electron chi connectivity index (χ4n) is 1.47. The Morgan fingerprint density at radius 3 is 2.44 bits per heavy atom. The van der Waals surface area contributed by atoms with E-state index in [2.05, 4.69) is 5.32 Å². The van der Waals surface area contributed by atoms with Crippen LogP contribution in [0.5, 0.6) is 0 Å². The Hall–Kier alpha value is -1.97. The minimum atomic E-state index is -0.326. The van der Waals surface area contributed by atoms with E-state index in [9.17, 15) is 4.79 Å². The summed E-state index contributed by atoms with van der Waals surface area (Å²) in [7, 11) is 3.99. The molecule has 1 aromatic rings. The Morgan fingerprint density at radius 1 is 1.33 bits per heavy atom. The molecular weight excluding hydrogens is 228 g/mol. The molecule has 98 valence electrons. The standard InChI is InChI=1S/C14H20N2O2/c1-5-18-14(17)10-11(2)15-12-6-8-13(9-7-12)16(3)4/h6-10,15H,5H2,1-4H3/b11-10-. The van der Waals surface area contributed by atoms with Crippen molar-refractivity contribution in [1.29, 1.82) is 0 Å². The summed E-state index contributed by atoms with van der Waals surface area (Å²) in [4.78, 5) is 13.3. The van der Waals surface area contributed by atoms with Gasteiger partial charge >= 0.3 is 5.97 Å². The van der Waals surface area contributed by atoms with Crippen LogP contribution < -0.4 is 10.2 Å². The predicted octanol–water partition coefficient (Wildman–Crippen LogP) is 2.63. The minimum Gasteiger partial charge on any atom is -0.463 e. The quantitative estimate of drug-likeness (QED) is 0.642. The second-order valence-corrected chi connectivity index (χ2v) is 4.15. The van der Waals surface area contributed by atoms with E-state index in [4.69, 9.17) is 4.74 Å². The van der Waals surface area contributed by atoms with Crippen LogP contribution in [-0.2, 0) is 9.53 Å². The number of nitrogens with zero attached hydrogens (tertiary/aromatic N) is 1. The molecule has 0 radical (unpaired) electrons. The number of nitrogens with one attached hydrogen (secondary N) is 1. The first kappa shape index (κ1) is 14.1. The fraction of sp³-hybridized carbons (Fsp3) is 0.357. The van der Waals surface area contributed by atoms with Crippen LogP contribution >= 0.6 is 0 Å². The molecule has 0 saturated carbocycles. The van der Waals surface area contributed by atoms with Gasteiger partial charge in [-0.1, -0.05) is 0 Å². The zero-order valence-electron chi connectivity index (χ0n) is 11.4. The monoisotopic (exact) mass is 248 g/mol. The van der Waals surface area contributed by atoms with Gasteiger partial charge in [-0.25, -0.2) is 4.79 Å². The molecule has 0 amide bonds. The Labute approximate surface area is 108 Å². The van der Waals surface area contributed by atoms with Crippen LogP contribution in [-0.4, -0.2) is 26.7 Å². The number of carbonyl (C=O) groups excluding carboxylic acids is 1. The highest BCUT2D eigenvalue weighted by Gasteiger charge is 1.99. The summed E-state index contributed by atoms with van der Waals surface area (Å²) in [6.07, 6.45) is 1.45. The van der Waals surface area contributed by atoms with Crippen molar-refractivity contribution in [2.75, 3.05) is 30.9 Å². The van der Waals surface area contributed by atoms with Gasteiger partial charge in [0.15, 0.2) is 0 Å². The van der Waals surface area contributed by atoms with Crippen LogP contribution in [0, 0.1) is 0 Å². The second kappa shape index (κ2) is 6.69. The number of esters is 1. The van der Waals surface area contributed by atoms with Gasteiger partial charge in [-0.05, 0) is 38.1 Å². The molecule has 18 heavy (non-hydrogen) atoms. The third kappa shape index (κ3) is 4.49. The van der Waals surface area contributed by atoms with Gasteiger partial charge in [0.05, 0.1) is 6.61 Å². The van der Waals surface area contributed by atoms with E-state index < -0.39 is 0 Å². The smallest absolute Gasteiger partial charge is 0.332 e. The van der Waals surface area contributed by atoms with Crippen molar-refractivity contribution in [3.8, 4) is 0 Å². The SMILES string of the molecule is CCOC(=O)/C=C(/C)Nc1ccc(N(C)C)cc1. The van der Waals surface area contributed by atoms with E-state index in [-0.39, 0.29) is 5.97 Å². The Morgan fingerprint density at radius 2 is 1.94 bits per heavy atom. The molecule has 4 heteroatoms. The summed E-state index contributed by atoms with van der Waals surface area (Å²) in [6.45, 7) is 4.01. The molecule has 0 aliphatic carbocycles. The highest BCUT2D eigenvalue weighted by molar-refractivity contribution is 5.83. The molecular formula is C14H20N2O2. The van der Waals surface area contributed by atoms with E-state index in [0.717, 1.165) is 17.1 Å². The molecule has 4 nitrogen and oxygen atoms in total. The number of carbonyl (C=O) groups is 1. The Kier molecular flexibility index (Phi) is 5.24. The molecule has 0 spiro atoms. The molecule has 0 fully saturated rings. The molecule has 0 aliphatic rings. The van der Waals surface area contributed by atoms with Crippen molar-refractivity contribution in [1.82, 2.24) is 0 Å². The zero-order valence-corrected chi connectivity index (χ0v) is 11.4. The molecule has 0 aromatic heterocycles. The van der Waals surface area contributed by atoms with Gasteiger partial charge < -0.3 is 15.0 Å². The van der Waals surface area contributed by atoms with Crippen molar-refractivity contribution in [2.45, 2.75) is 13.8 Å². The van der Waals surface area contributed by atoms with Gasteiger partial charge in [0.25, 0.3) is 0 Å². The summed E-state index contributed by atoms with van der Waals surface area (Å²) < 4.78 is 4.84. The van der Waals surface area contributed by atoms with Crippen LogP contribution in [0.25, 0.3) is 0 Å². The maximum atomic E-state index is 11.2. The van der Waals surface area contributed by atoms with Crippen LogP contribution in [0.2, 0.25) is 0 Å². The van der Waals surface area contributed by atoms with Gasteiger partial charge in [0.1, 0.15) is 0 Å². The van der Waals surface area contributed by atoms with Gasteiger partial charge in [-0.3, -0.25) is 0 Å². The van der Waals surface area contributed by atoms with Crippen molar-refractivity contribution in [3.63, 3.8) is 0 Å².